The van der Waals surface area contributed by atoms with Crippen molar-refractivity contribution in [1.29, 1.82) is 0 Å². The zero-order valence-corrected chi connectivity index (χ0v) is 17.7. The second-order valence-electron chi connectivity index (χ2n) is 5.67. The standard InChI is InChI=1S/C18H12ClFN2O4S3/c19-12-9-11(2-3-13(12)20)21-17(24)16(29-18(21)27)8-10-1-4-15(28-6-5-23)14(7-10)22(25)26/h1-4,7-9,23H,5-6H2/b16-8-. The van der Waals surface area contributed by atoms with Crippen molar-refractivity contribution in [2.45, 2.75) is 4.90 Å². The van der Waals surface area contributed by atoms with Gasteiger partial charge in [-0.05, 0) is 35.9 Å². The van der Waals surface area contributed by atoms with E-state index in [4.69, 9.17) is 28.9 Å². The van der Waals surface area contributed by atoms with E-state index in [9.17, 15) is 19.3 Å². The molecule has 2 aromatic carbocycles. The molecule has 1 fully saturated rings. The Kier molecular flexibility index (Phi) is 6.91. The van der Waals surface area contributed by atoms with Gasteiger partial charge >= 0.3 is 0 Å². The molecule has 0 saturated carbocycles. The molecule has 1 amide bonds. The molecule has 1 N–H and O–H groups in total. The van der Waals surface area contributed by atoms with Crippen molar-refractivity contribution < 1.29 is 19.2 Å². The lowest BCUT2D eigenvalue weighted by molar-refractivity contribution is -0.387. The molecular weight excluding hydrogens is 459 g/mol. The Bertz CT molecular complexity index is 1050. The Morgan fingerprint density at radius 2 is 2.10 bits per heavy atom. The van der Waals surface area contributed by atoms with Crippen LogP contribution in [0, 0.1) is 15.9 Å². The minimum Gasteiger partial charge on any atom is -0.396 e. The van der Waals surface area contributed by atoms with E-state index in [1.807, 2.05) is 0 Å². The Labute approximate surface area is 183 Å². The quantitative estimate of drug-likeness (QED) is 0.212. The summed E-state index contributed by atoms with van der Waals surface area (Å²) in [4.78, 5) is 25.6. The molecule has 1 aliphatic heterocycles. The lowest BCUT2D eigenvalue weighted by Gasteiger charge is -2.14. The second kappa shape index (κ2) is 9.23. The maximum Gasteiger partial charge on any atom is 0.283 e. The van der Waals surface area contributed by atoms with Crippen molar-refractivity contribution in [1.82, 2.24) is 0 Å². The number of nitrogens with zero attached hydrogens (tertiary/aromatic N) is 2. The molecule has 0 aromatic heterocycles. The van der Waals surface area contributed by atoms with Gasteiger partial charge in [-0.1, -0.05) is 41.6 Å². The van der Waals surface area contributed by atoms with Crippen molar-refractivity contribution in [3.8, 4) is 0 Å². The van der Waals surface area contributed by atoms with Gasteiger partial charge in [0.1, 0.15) is 5.82 Å². The number of halogens is 2. The number of aliphatic hydroxyl groups is 1. The van der Waals surface area contributed by atoms with Gasteiger partial charge < -0.3 is 5.11 Å². The first-order valence-corrected chi connectivity index (χ1v) is 10.7. The third-order valence-corrected chi connectivity index (χ3v) is 6.42. The van der Waals surface area contributed by atoms with Crippen LogP contribution in [0.2, 0.25) is 5.02 Å². The van der Waals surface area contributed by atoms with Crippen LogP contribution in [0.25, 0.3) is 6.08 Å². The summed E-state index contributed by atoms with van der Waals surface area (Å²) in [5.74, 6) is -0.703. The third kappa shape index (κ3) is 4.78. The van der Waals surface area contributed by atoms with Crippen LogP contribution in [0.1, 0.15) is 5.56 Å². The third-order valence-electron chi connectivity index (χ3n) is 3.78. The number of rotatable bonds is 6. The first kappa shape index (κ1) is 21.7. The van der Waals surface area contributed by atoms with Gasteiger partial charge in [-0.15, -0.1) is 11.8 Å². The number of hydrogen-bond donors (Lipinski definition) is 1. The number of benzene rings is 2. The predicted molar refractivity (Wildman–Crippen MR) is 118 cm³/mol. The predicted octanol–water partition coefficient (Wildman–Crippen LogP) is 4.88. The molecule has 0 radical (unpaired) electrons. The molecule has 0 unspecified atom stereocenters. The van der Waals surface area contributed by atoms with Gasteiger partial charge in [0.15, 0.2) is 4.32 Å². The fraction of sp³-hybridized carbons (Fsp3) is 0.111. The summed E-state index contributed by atoms with van der Waals surface area (Å²) in [7, 11) is 0. The number of anilines is 1. The van der Waals surface area contributed by atoms with E-state index in [2.05, 4.69) is 0 Å². The van der Waals surface area contributed by atoms with E-state index in [1.165, 1.54) is 40.9 Å². The minimum atomic E-state index is -0.608. The average Bonchev–Trinajstić information content (AvgIpc) is 2.96. The molecule has 1 aliphatic rings. The van der Waals surface area contributed by atoms with Crippen molar-refractivity contribution in [3.63, 3.8) is 0 Å². The van der Waals surface area contributed by atoms with Crippen molar-refractivity contribution in [2.24, 2.45) is 0 Å². The lowest BCUT2D eigenvalue weighted by Crippen LogP contribution is -2.27. The monoisotopic (exact) mass is 470 g/mol. The van der Waals surface area contributed by atoms with Gasteiger partial charge in [-0.25, -0.2) is 4.39 Å². The first-order chi connectivity index (χ1) is 13.8. The maximum atomic E-state index is 13.4. The van der Waals surface area contributed by atoms with Crippen LogP contribution < -0.4 is 4.90 Å². The van der Waals surface area contributed by atoms with Crippen LogP contribution in [-0.4, -0.2) is 32.6 Å². The molecule has 150 valence electrons. The summed E-state index contributed by atoms with van der Waals surface area (Å²) in [6.07, 6.45) is 1.51. The van der Waals surface area contributed by atoms with Gasteiger partial charge in [0.05, 0.1) is 32.0 Å². The molecule has 3 rings (SSSR count). The maximum absolute atomic E-state index is 13.4. The van der Waals surface area contributed by atoms with Gasteiger partial charge in [0.2, 0.25) is 0 Å². The zero-order chi connectivity index (χ0) is 21.1. The van der Waals surface area contributed by atoms with Crippen LogP contribution >= 0.6 is 47.3 Å². The van der Waals surface area contributed by atoms with E-state index in [-0.39, 0.29) is 26.5 Å². The molecular formula is C18H12ClFN2O4S3. The number of amides is 1. The Hall–Kier alpha value is -1.98. The number of thioether (sulfide) groups is 2. The highest BCUT2D eigenvalue weighted by atomic mass is 35.5. The molecule has 29 heavy (non-hydrogen) atoms. The lowest BCUT2D eigenvalue weighted by atomic mass is 10.2. The average molecular weight is 471 g/mol. The smallest absolute Gasteiger partial charge is 0.283 e. The van der Waals surface area contributed by atoms with Crippen molar-refractivity contribution in [2.75, 3.05) is 17.3 Å². The van der Waals surface area contributed by atoms with E-state index in [1.54, 1.807) is 12.1 Å². The van der Waals surface area contributed by atoms with E-state index >= 15 is 0 Å². The topological polar surface area (TPSA) is 83.7 Å². The highest BCUT2D eigenvalue weighted by molar-refractivity contribution is 8.27. The Morgan fingerprint density at radius 3 is 2.76 bits per heavy atom. The van der Waals surface area contributed by atoms with Crippen LogP contribution in [-0.2, 0) is 4.79 Å². The summed E-state index contributed by atoms with van der Waals surface area (Å²) in [6.45, 7) is -0.0978. The van der Waals surface area contributed by atoms with Gasteiger partial charge in [-0.3, -0.25) is 19.8 Å². The number of carbonyl (C=O) groups excluding carboxylic acids is 1. The molecule has 2 aromatic rings. The summed E-state index contributed by atoms with van der Waals surface area (Å²) < 4.78 is 13.6. The minimum absolute atomic E-state index is 0.0978. The highest BCUT2D eigenvalue weighted by Gasteiger charge is 2.33. The highest BCUT2D eigenvalue weighted by Crippen LogP contribution is 2.38. The fourth-order valence-corrected chi connectivity index (χ4v) is 4.74. The van der Waals surface area contributed by atoms with Crippen LogP contribution in [0.5, 0.6) is 0 Å². The molecule has 0 atom stereocenters. The Morgan fingerprint density at radius 1 is 1.34 bits per heavy atom. The molecule has 0 aliphatic carbocycles. The number of thiocarbonyl (C=S) groups is 1. The molecule has 0 spiro atoms. The number of nitro groups is 1. The second-order valence-corrected chi connectivity index (χ2v) is 8.89. The summed E-state index contributed by atoms with van der Waals surface area (Å²) >= 11 is 13.3. The normalized spacial score (nSPS) is 15.4. The van der Waals surface area contributed by atoms with Crippen LogP contribution in [0.15, 0.2) is 46.2 Å². The Balaban J connectivity index is 1.92. The number of carbonyl (C=O) groups is 1. The SMILES string of the molecule is O=C1/C(=C/c2ccc(SCCO)c([N+](=O)[O-])c2)SC(=S)N1c1ccc(F)c(Cl)c1. The number of aliphatic hydroxyl groups excluding tert-OH is 1. The van der Waals surface area contributed by atoms with Gasteiger partial charge in [0.25, 0.3) is 11.6 Å². The summed E-state index contributed by atoms with van der Waals surface area (Å²) in [5.41, 5.74) is 0.685. The molecule has 1 heterocycles. The van der Waals surface area contributed by atoms with Crippen LogP contribution in [0.4, 0.5) is 15.8 Å². The summed E-state index contributed by atoms with van der Waals surface area (Å²) in [5, 5.41) is 20.1. The van der Waals surface area contributed by atoms with E-state index in [0.29, 0.717) is 21.9 Å². The summed E-state index contributed by atoms with van der Waals surface area (Å²) in [6, 6.07) is 8.43. The van der Waals surface area contributed by atoms with Crippen molar-refractivity contribution >= 4 is 75.0 Å². The van der Waals surface area contributed by atoms with Gasteiger partial charge in [0, 0.05) is 11.8 Å². The largest absolute Gasteiger partial charge is 0.396 e. The zero-order valence-electron chi connectivity index (χ0n) is 14.5. The van der Waals surface area contributed by atoms with Crippen molar-refractivity contribution in [3.05, 3.63) is 67.8 Å². The molecule has 1 saturated heterocycles. The molecule has 11 heteroatoms. The van der Waals surface area contributed by atoms with Crippen LogP contribution in [0.3, 0.4) is 0 Å². The van der Waals surface area contributed by atoms with E-state index in [0.717, 1.165) is 17.8 Å². The first-order valence-electron chi connectivity index (χ1n) is 8.07. The fourth-order valence-electron chi connectivity index (χ4n) is 2.51. The number of hydrogen-bond acceptors (Lipinski definition) is 7. The number of nitro benzene ring substituents is 1. The molecule has 6 nitrogen and oxygen atoms in total. The van der Waals surface area contributed by atoms with Gasteiger partial charge in [-0.2, -0.15) is 0 Å². The van der Waals surface area contributed by atoms with E-state index < -0.39 is 16.6 Å². The molecule has 0 bridgehead atoms.